The monoisotopic (exact) mass is 383 g/mol. The maximum Gasteiger partial charge on any atom is 0.241 e. The van der Waals surface area contributed by atoms with Crippen LogP contribution in [0.5, 0.6) is 17.2 Å². The Bertz CT molecular complexity index is 849. The van der Waals surface area contributed by atoms with Gasteiger partial charge in [0.1, 0.15) is 5.75 Å². The molecule has 7 nitrogen and oxygen atoms in total. The van der Waals surface area contributed by atoms with E-state index in [1.165, 1.54) is 0 Å². The minimum Gasteiger partial charge on any atom is -0.495 e. The summed E-state index contributed by atoms with van der Waals surface area (Å²) < 4.78 is 16.1. The van der Waals surface area contributed by atoms with E-state index in [9.17, 15) is 4.79 Å². The lowest BCUT2D eigenvalue weighted by molar-refractivity contribution is -0.120. The lowest BCUT2D eigenvalue weighted by atomic mass is 10.2. The highest BCUT2D eigenvalue weighted by atomic mass is 16.7. The molecule has 2 heterocycles. The number of para-hydroxylation sites is 2. The van der Waals surface area contributed by atoms with Gasteiger partial charge in [-0.25, -0.2) is 0 Å². The number of nitrogens with zero attached hydrogens (tertiary/aromatic N) is 2. The molecule has 0 radical (unpaired) electrons. The molecule has 0 aliphatic carbocycles. The molecule has 0 spiro atoms. The Hall–Kier alpha value is -2.93. The summed E-state index contributed by atoms with van der Waals surface area (Å²) in [6.45, 7) is 5.49. The minimum atomic E-state index is -0.217. The molecule has 1 N–H and O–H groups in total. The molecule has 1 fully saturated rings. The Morgan fingerprint density at radius 3 is 2.61 bits per heavy atom. The zero-order valence-corrected chi connectivity index (χ0v) is 16.2. The van der Waals surface area contributed by atoms with Crippen LogP contribution in [0.15, 0.2) is 42.5 Å². The minimum absolute atomic E-state index is 0.0235. The van der Waals surface area contributed by atoms with Crippen molar-refractivity contribution in [3.05, 3.63) is 42.5 Å². The highest BCUT2D eigenvalue weighted by molar-refractivity contribution is 5.94. The zero-order valence-electron chi connectivity index (χ0n) is 16.2. The van der Waals surface area contributed by atoms with Gasteiger partial charge >= 0.3 is 0 Å². The molecule has 0 aromatic heterocycles. The molecule has 148 valence electrons. The number of nitrogens with one attached hydrogen (secondary N) is 1. The summed E-state index contributed by atoms with van der Waals surface area (Å²) in [7, 11) is 1.69. The molecule has 2 aromatic rings. The normalized spacial score (nSPS) is 17.3. The van der Waals surface area contributed by atoms with E-state index in [1.54, 1.807) is 13.2 Å². The number of piperazine rings is 1. The molecule has 0 bridgehead atoms. The molecule has 2 aromatic carbocycles. The van der Waals surface area contributed by atoms with Crippen LogP contribution < -0.4 is 24.4 Å². The third-order valence-corrected chi connectivity index (χ3v) is 5.31. The predicted molar refractivity (Wildman–Crippen MR) is 107 cm³/mol. The van der Waals surface area contributed by atoms with Gasteiger partial charge < -0.3 is 24.4 Å². The SMILES string of the molecule is COc1ccccc1N1CCN([C@H](C)C(=O)Nc2ccc3c(c2)OCO3)CC1. The highest BCUT2D eigenvalue weighted by Crippen LogP contribution is 2.34. The number of ether oxygens (including phenoxy) is 3. The molecular formula is C21H25N3O4. The van der Waals surface area contributed by atoms with Gasteiger partial charge in [-0.3, -0.25) is 9.69 Å². The van der Waals surface area contributed by atoms with Crippen molar-refractivity contribution in [3.63, 3.8) is 0 Å². The molecule has 4 rings (SSSR count). The molecule has 7 heteroatoms. The van der Waals surface area contributed by atoms with Crippen LogP contribution in [0.3, 0.4) is 0 Å². The summed E-state index contributed by atoms with van der Waals surface area (Å²) in [6.07, 6.45) is 0. The smallest absolute Gasteiger partial charge is 0.241 e. The van der Waals surface area contributed by atoms with Gasteiger partial charge in [-0.05, 0) is 31.2 Å². The van der Waals surface area contributed by atoms with Crippen LogP contribution >= 0.6 is 0 Å². The molecule has 2 aliphatic rings. The van der Waals surface area contributed by atoms with Crippen molar-refractivity contribution in [1.29, 1.82) is 0 Å². The molecule has 28 heavy (non-hydrogen) atoms. The Morgan fingerprint density at radius 2 is 1.82 bits per heavy atom. The van der Waals surface area contributed by atoms with Gasteiger partial charge in [0.15, 0.2) is 11.5 Å². The van der Waals surface area contributed by atoms with E-state index in [0.717, 1.165) is 37.6 Å². The number of fused-ring (bicyclic) bond motifs is 1. The van der Waals surface area contributed by atoms with Crippen molar-refractivity contribution in [3.8, 4) is 17.2 Å². The topological polar surface area (TPSA) is 63.3 Å². The summed E-state index contributed by atoms with van der Waals surface area (Å²) in [4.78, 5) is 17.2. The summed E-state index contributed by atoms with van der Waals surface area (Å²) in [5, 5.41) is 2.98. The van der Waals surface area contributed by atoms with Crippen LogP contribution in [0.2, 0.25) is 0 Å². The average molecular weight is 383 g/mol. The molecule has 1 atom stereocenters. The second-order valence-electron chi connectivity index (χ2n) is 6.93. The standard InChI is InChI=1S/C21H25N3O4/c1-15(21(25)22-16-7-8-19-20(13-16)28-14-27-19)23-9-11-24(12-10-23)17-5-3-4-6-18(17)26-2/h3-8,13,15H,9-12,14H2,1-2H3,(H,22,25)/t15-/m1/s1. The number of benzene rings is 2. The summed E-state index contributed by atoms with van der Waals surface area (Å²) in [5.74, 6) is 2.23. The van der Waals surface area contributed by atoms with Crippen molar-refractivity contribution >= 4 is 17.3 Å². The fraction of sp³-hybridized carbons (Fsp3) is 0.381. The van der Waals surface area contributed by atoms with E-state index in [0.29, 0.717) is 17.2 Å². The van der Waals surface area contributed by atoms with E-state index >= 15 is 0 Å². The largest absolute Gasteiger partial charge is 0.495 e. The quantitative estimate of drug-likeness (QED) is 0.856. The Kier molecular flexibility index (Phi) is 5.25. The maximum absolute atomic E-state index is 12.7. The fourth-order valence-corrected chi connectivity index (χ4v) is 3.63. The van der Waals surface area contributed by atoms with Crippen LogP contribution in [0.1, 0.15) is 6.92 Å². The zero-order chi connectivity index (χ0) is 19.5. The fourth-order valence-electron chi connectivity index (χ4n) is 3.63. The first-order chi connectivity index (χ1) is 13.7. The predicted octanol–water partition coefficient (Wildman–Crippen LogP) is 2.57. The van der Waals surface area contributed by atoms with Crippen LogP contribution in [0.25, 0.3) is 0 Å². The first kappa shape index (κ1) is 18.4. The average Bonchev–Trinajstić information content (AvgIpc) is 3.21. The molecular weight excluding hydrogens is 358 g/mol. The molecule has 0 saturated carbocycles. The van der Waals surface area contributed by atoms with Gasteiger partial charge in [-0.1, -0.05) is 12.1 Å². The van der Waals surface area contributed by atoms with Crippen molar-refractivity contribution in [2.75, 3.05) is 50.3 Å². The number of anilines is 2. The second-order valence-corrected chi connectivity index (χ2v) is 6.93. The number of carbonyl (C=O) groups excluding carboxylic acids is 1. The van der Waals surface area contributed by atoms with E-state index in [-0.39, 0.29) is 18.7 Å². The van der Waals surface area contributed by atoms with Crippen LogP contribution in [-0.4, -0.2) is 56.9 Å². The van der Waals surface area contributed by atoms with E-state index < -0.39 is 0 Å². The van der Waals surface area contributed by atoms with Gasteiger partial charge in [0.25, 0.3) is 0 Å². The molecule has 0 unspecified atom stereocenters. The number of rotatable bonds is 5. The number of carbonyl (C=O) groups is 1. The summed E-state index contributed by atoms with van der Waals surface area (Å²) in [5.41, 5.74) is 1.82. The second kappa shape index (κ2) is 7.98. The third-order valence-electron chi connectivity index (χ3n) is 5.31. The Labute approximate surface area is 164 Å². The van der Waals surface area contributed by atoms with E-state index in [4.69, 9.17) is 14.2 Å². The van der Waals surface area contributed by atoms with E-state index in [1.807, 2.05) is 37.3 Å². The lowest BCUT2D eigenvalue weighted by Gasteiger charge is -2.38. The van der Waals surface area contributed by atoms with Crippen molar-refractivity contribution in [2.24, 2.45) is 0 Å². The van der Waals surface area contributed by atoms with Crippen molar-refractivity contribution in [2.45, 2.75) is 13.0 Å². The van der Waals surface area contributed by atoms with Gasteiger partial charge in [0, 0.05) is 37.9 Å². The van der Waals surface area contributed by atoms with Gasteiger partial charge in [0.05, 0.1) is 18.8 Å². The lowest BCUT2D eigenvalue weighted by Crippen LogP contribution is -2.52. The summed E-state index contributed by atoms with van der Waals surface area (Å²) in [6, 6.07) is 13.3. The van der Waals surface area contributed by atoms with Crippen molar-refractivity contribution < 1.29 is 19.0 Å². The molecule has 1 saturated heterocycles. The van der Waals surface area contributed by atoms with E-state index in [2.05, 4.69) is 21.2 Å². The number of methoxy groups -OCH3 is 1. The van der Waals surface area contributed by atoms with Gasteiger partial charge in [-0.15, -0.1) is 0 Å². The van der Waals surface area contributed by atoms with Gasteiger partial charge in [-0.2, -0.15) is 0 Å². The first-order valence-electron chi connectivity index (χ1n) is 9.48. The maximum atomic E-state index is 12.7. The number of amides is 1. The Balaban J connectivity index is 1.34. The van der Waals surface area contributed by atoms with Crippen LogP contribution in [-0.2, 0) is 4.79 Å². The highest BCUT2D eigenvalue weighted by Gasteiger charge is 2.27. The number of hydrogen-bond acceptors (Lipinski definition) is 6. The van der Waals surface area contributed by atoms with Crippen LogP contribution in [0, 0.1) is 0 Å². The summed E-state index contributed by atoms with van der Waals surface area (Å²) >= 11 is 0. The first-order valence-corrected chi connectivity index (χ1v) is 9.48. The Morgan fingerprint density at radius 1 is 1.07 bits per heavy atom. The van der Waals surface area contributed by atoms with Crippen molar-refractivity contribution in [1.82, 2.24) is 4.90 Å². The van der Waals surface area contributed by atoms with Gasteiger partial charge in [0.2, 0.25) is 12.7 Å². The molecule has 2 aliphatic heterocycles. The third kappa shape index (κ3) is 3.71. The molecule has 1 amide bonds. The number of hydrogen-bond donors (Lipinski definition) is 1. The van der Waals surface area contributed by atoms with Crippen LogP contribution in [0.4, 0.5) is 11.4 Å².